The van der Waals surface area contributed by atoms with E-state index >= 15 is 0 Å². The van der Waals surface area contributed by atoms with Crippen LogP contribution in [0.1, 0.15) is 18.1 Å². The maximum absolute atomic E-state index is 11.5. The van der Waals surface area contributed by atoms with Crippen molar-refractivity contribution >= 4 is 11.6 Å². The Bertz CT molecular complexity index is 590. The first-order valence-electron chi connectivity index (χ1n) is 6.74. The molecular formula is C14H19N3O5. The van der Waals surface area contributed by atoms with Crippen LogP contribution in [0.3, 0.4) is 0 Å². The lowest BCUT2D eigenvalue weighted by Gasteiger charge is -2.24. The molecule has 1 amide bonds. The van der Waals surface area contributed by atoms with Gasteiger partial charge in [-0.2, -0.15) is 0 Å². The second-order valence-corrected chi connectivity index (χ2v) is 5.16. The number of hydrogen-bond donors (Lipinski definition) is 4. The van der Waals surface area contributed by atoms with Gasteiger partial charge in [0.25, 0.3) is 0 Å². The molecular weight excluding hydrogens is 290 g/mol. The lowest BCUT2D eigenvalue weighted by molar-refractivity contribution is -0.122. The van der Waals surface area contributed by atoms with Gasteiger partial charge in [0.05, 0.1) is 17.9 Å². The zero-order chi connectivity index (χ0) is 16.3. The molecule has 1 saturated heterocycles. The molecule has 2 unspecified atom stereocenters. The molecule has 0 aliphatic carbocycles. The van der Waals surface area contributed by atoms with Gasteiger partial charge in [0, 0.05) is 19.5 Å². The first kappa shape index (κ1) is 16.1. The predicted octanol–water partition coefficient (Wildman–Crippen LogP) is -0.307. The molecule has 22 heavy (non-hydrogen) atoms. The number of phenols is 2. The van der Waals surface area contributed by atoms with Crippen LogP contribution in [0.4, 0.5) is 0 Å². The third kappa shape index (κ3) is 3.46. The Hall–Kier alpha value is -2.32. The summed E-state index contributed by atoms with van der Waals surface area (Å²) in [5, 5.41) is 32.8. The summed E-state index contributed by atoms with van der Waals surface area (Å²) >= 11 is 0. The average Bonchev–Trinajstić information content (AvgIpc) is 2.85. The van der Waals surface area contributed by atoms with E-state index in [9.17, 15) is 20.1 Å². The number of β-amino-alcohol motifs (C(OH)–C–C–N with tert-alkyl or cyclic N) is 1. The molecule has 1 aliphatic heterocycles. The number of aromatic hydroxyl groups is 2. The molecule has 0 spiro atoms. The quantitative estimate of drug-likeness (QED) is 0.436. The van der Waals surface area contributed by atoms with Crippen molar-refractivity contribution < 1.29 is 25.0 Å². The summed E-state index contributed by atoms with van der Waals surface area (Å²) in [4.78, 5) is 17.9. The van der Waals surface area contributed by atoms with Crippen LogP contribution in [-0.2, 0) is 9.63 Å². The van der Waals surface area contributed by atoms with Crippen molar-refractivity contribution in [2.75, 3.05) is 20.2 Å². The SMILES string of the molecule is CON=C1CC(C(N)=O)N(CC(O)c2ccc(O)c(O)c2)C1. The second kappa shape index (κ2) is 6.63. The van der Waals surface area contributed by atoms with E-state index in [1.54, 1.807) is 4.90 Å². The third-order valence-electron chi connectivity index (χ3n) is 3.60. The second-order valence-electron chi connectivity index (χ2n) is 5.16. The molecule has 8 heteroatoms. The topological polar surface area (TPSA) is 129 Å². The van der Waals surface area contributed by atoms with Gasteiger partial charge < -0.3 is 25.9 Å². The van der Waals surface area contributed by atoms with E-state index < -0.39 is 18.1 Å². The predicted molar refractivity (Wildman–Crippen MR) is 78.3 cm³/mol. The highest BCUT2D eigenvalue weighted by atomic mass is 16.6. The maximum Gasteiger partial charge on any atom is 0.235 e. The van der Waals surface area contributed by atoms with Crippen LogP contribution in [0, 0.1) is 0 Å². The summed E-state index contributed by atoms with van der Waals surface area (Å²) in [6, 6.07) is 3.51. The van der Waals surface area contributed by atoms with Crippen molar-refractivity contribution in [3.05, 3.63) is 23.8 Å². The van der Waals surface area contributed by atoms with Gasteiger partial charge in [0.2, 0.25) is 5.91 Å². The molecule has 120 valence electrons. The third-order valence-corrected chi connectivity index (χ3v) is 3.60. The van der Waals surface area contributed by atoms with Crippen molar-refractivity contribution in [3.63, 3.8) is 0 Å². The van der Waals surface area contributed by atoms with Crippen molar-refractivity contribution in [2.45, 2.75) is 18.6 Å². The number of oxime groups is 1. The minimum atomic E-state index is -0.949. The van der Waals surface area contributed by atoms with Crippen molar-refractivity contribution in [2.24, 2.45) is 10.9 Å². The van der Waals surface area contributed by atoms with E-state index in [0.717, 1.165) is 0 Å². The Morgan fingerprint density at radius 3 is 2.82 bits per heavy atom. The molecule has 2 atom stereocenters. The molecule has 0 saturated carbocycles. The lowest BCUT2D eigenvalue weighted by Crippen LogP contribution is -2.42. The van der Waals surface area contributed by atoms with Crippen LogP contribution in [-0.4, -0.2) is 58.1 Å². The number of amides is 1. The van der Waals surface area contributed by atoms with Crippen molar-refractivity contribution in [1.82, 2.24) is 4.90 Å². The standard InChI is InChI=1S/C14H19N3O5/c1-22-16-9-5-10(14(15)21)17(6-9)7-13(20)8-2-3-11(18)12(19)4-8/h2-4,10,13,18-20H,5-7H2,1H3,(H2,15,21). The number of carbonyl (C=O) groups excluding carboxylic acids is 1. The lowest BCUT2D eigenvalue weighted by atomic mass is 10.1. The number of nitrogens with two attached hydrogens (primary N) is 1. The highest BCUT2D eigenvalue weighted by Crippen LogP contribution is 2.29. The molecule has 0 bridgehead atoms. The van der Waals surface area contributed by atoms with E-state index in [1.165, 1.54) is 25.3 Å². The number of phenolic OH excluding ortho intramolecular Hbond substituents is 2. The summed E-state index contributed by atoms with van der Waals surface area (Å²) in [5.74, 6) is -1.07. The molecule has 5 N–H and O–H groups in total. The summed E-state index contributed by atoms with van der Waals surface area (Å²) in [5.41, 5.74) is 6.47. The normalized spacial score (nSPS) is 21.9. The highest BCUT2D eigenvalue weighted by Gasteiger charge is 2.34. The van der Waals surface area contributed by atoms with Gasteiger partial charge in [-0.1, -0.05) is 11.2 Å². The zero-order valence-electron chi connectivity index (χ0n) is 12.1. The fraction of sp³-hybridized carbons (Fsp3) is 0.429. The van der Waals surface area contributed by atoms with Gasteiger partial charge in [0.15, 0.2) is 11.5 Å². The van der Waals surface area contributed by atoms with Gasteiger partial charge >= 0.3 is 0 Å². The number of primary amides is 1. The molecule has 1 aromatic rings. The molecule has 1 fully saturated rings. The van der Waals surface area contributed by atoms with Crippen LogP contribution >= 0.6 is 0 Å². The fourth-order valence-electron chi connectivity index (χ4n) is 2.50. The van der Waals surface area contributed by atoms with Crippen LogP contribution in [0.2, 0.25) is 0 Å². The first-order chi connectivity index (χ1) is 10.4. The zero-order valence-corrected chi connectivity index (χ0v) is 12.1. The molecule has 1 heterocycles. The monoisotopic (exact) mass is 309 g/mol. The Morgan fingerprint density at radius 1 is 1.50 bits per heavy atom. The van der Waals surface area contributed by atoms with E-state index in [-0.39, 0.29) is 18.0 Å². The summed E-state index contributed by atoms with van der Waals surface area (Å²) < 4.78 is 0. The largest absolute Gasteiger partial charge is 0.504 e. The van der Waals surface area contributed by atoms with Gasteiger partial charge in [-0.05, 0) is 17.7 Å². The summed E-state index contributed by atoms with van der Waals surface area (Å²) in [7, 11) is 1.42. The van der Waals surface area contributed by atoms with Gasteiger partial charge in [-0.3, -0.25) is 9.69 Å². The van der Waals surface area contributed by atoms with E-state index in [2.05, 4.69) is 5.16 Å². The van der Waals surface area contributed by atoms with Gasteiger partial charge in [0.1, 0.15) is 7.11 Å². The fourth-order valence-corrected chi connectivity index (χ4v) is 2.50. The number of carbonyl (C=O) groups is 1. The number of benzene rings is 1. The van der Waals surface area contributed by atoms with Crippen molar-refractivity contribution in [3.8, 4) is 11.5 Å². The Morgan fingerprint density at radius 2 is 2.23 bits per heavy atom. The number of aliphatic hydroxyl groups is 1. The van der Waals surface area contributed by atoms with Crippen LogP contribution < -0.4 is 5.73 Å². The number of rotatable bonds is 5. The Labute approximate surface area is 127 Å². The van der Waals surface area contributed by atoms with Crippen LogP contribution in [0.15, 0.2) is 23.4 Å². The smallest absolute Gasteiger partial charge is 0.235 e. The van der Waals surface area contributed by atoms with E-state index in [1.807, 2.05) is 0 Å². The number of aliphatic hydroxyl groups excluding tert-OH is 1. The summed E-state index contributed by atoms with van der Waals surface area (Å²) in [6.07, 6.45) is -0.591. The first-order valence-corrected chi connectivity index (χ1v) is 6.74. The van der Waals surface area contributed by atoms with E-state index in [4.69, 9.17) is 10.6 Å². The van der Waals surface area contributed by atoms with Crippen molar-refractivity contribution in [1.29, 1.82) is 0 Å². The summed E-state index contributed by atoms with van der Waals surface area (Å²) in [6.45, 7) is 0.503. The number of hydrogen-bond acceptors (Lipinski definition) is 7. The van der Waals surface area contributed by atoms with Gasteiger partial charge in [-0.15, -0.1) is 0 Å². The minimum absolute atomic E-state index is 0.139. The molecule has 1 aromatic carbocycles. The highest BCUT2D eigenvalue weighted by molar-refractivity contribution is 5.95. The number of nitrogens with zero attached hydrogens (tertiary/aromatic N) is 2. The van der Waals surface area contributed by atoms with Crippen LogP contribution in [0.5, 0.6) is 11.5 Å². The molecule has 2 rings (SSSR count). The molecule has 8 nitrogen and oxygen atoms in total. The molecule has 0 radical (unpaired) electrons. The molecule has 1 aliphatic rings. The van der Waals surface area contributed by atoms with Crippen LogP contribution in [0.25, 0.3) is 0 Å². The Balaban J connectivity index is 2.11. The minimum Gasteiger partial charge on any atom is -0.504 e. The van der Waals surface area contributed by atoms with E-state index in [0.29, 0.717) is 24.2 Å². The average molecular weight is 309 g/mol. The molecule has 0 aromatic heterocycles. The van der Waals surface area contributed by atoms with Gasteiger partial charge in [-0.25, -0.2) is 0 Å². The number of likely N-dealkylation sites (tertiary alicyclic amines) is 1. The maximum atomic E-state index is 11.5. The Kier molecular flexibility index (Phi) is 4.84.